The molecule has 2 aromatic rings. The summed E-state index contributed by atoms with van der Waals surface area (Å²) in [6.07, 6.45) is 1.88. The second-order valence-electron chi connectivity index (χ2n) is 7.01. The van der Waals surface area contributed by atoms with Crippen molar-refractivity contribution in [3.63, 3.8) is 0 Å². The highest BCUT2D eigenvalue weighted by molar-refractivity contribution is 14.0. The molecule has 3 rings (SSSR count). The number of methoxy groups -OCH3 is 1. The number of rotatable bonds is 7. The van der Waals surface area contributed by atoms with E-state index in [0.29, 0.717) is 19.8 Å². The Morgan fingerprint density at radius 1 is 1.31 bits per heavy atom. The highest BCUT2D eigenvalue weighted by Crippen LogP contribution is 2.21. The van der Waals surface area contributed by atoms with Crippen LogP contribution in [0.2, 0.25) is 0 Å². The van der Waals surface area contributed by atoms with Gasteiger partial charge >= 0.3 is 0 Å². The van der Waals surface area contributed by atoms with Crippen LogP contribution in [0, 0.1) is 13.8 Å². The normalized spacial score (nSPS) is 16.0. The van der Waals surface area contributed by atoms with Crippen LogP contribution in [0.5, 0.6) is 5.75 Å². The molecule has 2 heterocycles. The number of aryl methyl sites for hydroxylation is 3. The van der Waals surface area contributed by atoms with E-state index in [9.17, 15) is 0 Å². The molecular weight excluding hydrogens is 483 g/mol. The number of halogens is 1. The van der Waals surface area contributed by atoms with Crippen molar-refractivity contribution in [2.24, 2.45) is 4.99 Å². The fourth-order valence-corrected chi connectivity index (χ4v) is 3.41. The molecule has 1 aromatic heterocycles. The van der Waals surface area contributed by atoms with E-state index in [-0.39, 0.29) is 30.0 Å². The molecule has 0 saturated heterocycles. The molecule has 2 N–H and O–H groups in total. The zero-order chi connectivity index (χ0) is 19.9. The molecule has 0 saturated carbocycles. The van der Waals surface area contributed by atoms with Crippen LogP contribution in [0.1, 0.15) is 29.2 Å². The first-order valence-corrected chi connectivity index (χ1v) is 9.68. The summed E-state index contributed by atoms with van der Waals surface area (Å²) in [6.45, 7) is 6.59. The number of aliphatic imine (C=N–C) groups is 1. The second kappa shape index (κ2) is 11.3. The standard InChI is InChI=1S/C20H30N6O2.HI/c1-14-6-5-7-15(2)19(14)28-11-10-22-20(21-3)23-16-8-9-18-24-17(13-27-4)25-26(18)12-16;/h5-7,16H,8-13H2,1-4H3,(H2,21,22,23);1H. The number of nitrogens with zero attached hydrogens (tertiary/aromatic N) is 4. The molecule has 1 unspecified atom stereocenters. The summed E-state index contributed by atoms with van der Waals surface area (Å²) in [7, 11) is 3.44. The third-order valence-electron chi connectivity index (χ3n) is 4.79. The molecule has 0 aliphatic carbocycles. The quantitative estimate of drug-likeness (QED) is 0.255. The Morgan fingerprint density at radius 3 is 2.76 bits per heavy atom. The Kier molecular flexibility index (Phi) is 9.15. The van der Waals surface area contributed by atoms with Gasteiger partial charge in [-0.25, -0.2) is 9.67 Å². The molecule has 8 nitrogen and oxygen atoms in total. The Balaban J connectivity index is 0.00000300. The highest BCUT2D eigenvalue weighted by atomic mass is 127. The zero-order valence-electron chi connectivity index (χ0n) is 17.6. The van der Waals surface area contributed by atoms with E-state index in [4.69, 9.17) is 9.47 Å². The van der Waals surface area contributed by atoms with Gasteiger partial charge < -0.3 is 20.1 Å². The van der Waals surface area contributed by atoms with E-state index >= 15 is 0 Å². The molecular formula is C20H31IN6O2. The van der Waals surface area contributed by atoms with Gasteiger partial charge in [0.1, 0.15) is 24.8 Å². The minimum absolute atomic E-state index is 0. The predicted octanol–water partition coefficient (Wildman–Crippen LogP) is 2.22. The largest absolute Gasteiger partial charge is 0.491 e. The van der Waals surface area contributed by atoms with E-state index in [1.54, 1.807) is 14.2 Å². The van der Waals surface area contributed by atoms with Gasteiger partial charge in [-0.15, -0.1) is 24.0 Å². The molecule has 9 heteroatoms. The summed E-state index contributed by atoms with van der Waals surface area (Å²) in [6, 6.07) is 6.44. The highest BCUT2D eigenvalue weighted by Gasteiger charge is 2.22. The first kappa shape index (κ1) is 23.4. The Morgan fingerprint density at radius 2 is 2.07 bits per heavy atom. The van der Waals surface area contributed by atoms with Crippen molar-refractivity contribution in [1.29, 1.82) is 0 Å². The SMILES string of the molecule is CN=C(NCCOc1c(C)cccc1C)NC1CCc2nc(COC)nn2C1.I. The molecule has 1 aliphatic heterocycles. The van der Waals surface area contributed by atoms with Crippen LogP contribution in [-0.4, -0.2) is 54.1 Å². The van der Waals surface area contributed by atoms with Crippen molar-refractivity contribution in [2.75, 3.05) is 27.3 Å². The molecule has 1 aliphatic rings. The maximum absolute atomic E-state index is 5.95. The summed E-state index contributed by atoms with van der Waals surface area (Å²) < 4.78 is 13.0. The summed E-state index contributed by atoms with van der Waals surface area (Å²) in [5.41, 5.74) is 2.31. The minimum Gasteiger partial charge on any atom is -0.491 e. The van der Waals surface area contributed by atoms with Crippen LogP contribution in [0.4, 0.5) is 0 Å². The molecule has 0 amide bonds. The summed E-state index contributed by atoms with van der Waals surface area (Å²) >= 11 is 0. The van der Waals surface area contributed by atoms with Gasteiger partial charge in [0.25, 0.3) is 0 Å². The lowest BCUT2D eigenvalue weighted by molar-refractivity contribution is 0.177. The first-order valence-electron chi connectivity index (χ1n) is 9.68. The summed E-state index contributed by atoms with van der Waals surface area (Å²) in [4.78, 5) is 8.84. The van der Waals surface area contributed by atoms with E-state index in [0.717, 1.165) is 53.9 Å². The average Bonchev–Trinajstić information content (AvgIpc) is 3.08. The van der Waals surface area contributed by atoms with Gasteiger partial charge in [-0.05, 0) is 31.4 Å². The second-order valence-corrected chi connectivity index (χ2v) is 7.01. The predicted molar refractivity (Wildman–Crippen MR) is 124 cm³/mol. The Labute approximate surface area is 189 Å². The molecule has 1 atom stereocenters. The Bertz CT molecular complexity index is 803. The number of aromatic nitrogens is 3. The van der Waals surface area contributed by atoms with Crippen LogP contribution >= 0.6 is 24.0 Å². The van der Waals surface area contributed by atoms with Crippen molar-refractivity contribution < 1.29 is 9.47 Å². The van der Waals surface area contributed by atoms with Crippen LogP contribution in [0.25, 0.3) is 0 Å². The summed E-state index contributed by atoms with van der Waals surface area (Å²) in [5.74, 6) is 3.50. The lowest BCUT2D eigenvalue weighted by Gasteiger charge is -2.25. The van der Waals surface area contributed by atoms with Gasteiger partial charge in [-0.2, -0.15) is 5.10 Å². The molecule has 160 valence electrons. The topological polar surface area (TPSA) is 85.6 Å². The van der Waals surface area contributed by atoms with Crippen molar-refractivity contribution in [3.05, 3.63) is 41.0 Å². The van der Waals surface area contributed by atoms with Gasteiger partial charge in [0.15, 0.2) is 11.8 Å². The monoisotopic (exact) mass is 514 g/mol. The smallest absolute Gasteiger partial charge is 0.191 e. The lowest BCUT2D eigenvalue weighted by atomic mass is 10.1. The van der Waals surface area contributed by atoms with Crippen LogP contribution in [0.15, 0.2) is 23.2 Å². The number of nitrogens with one attached hydrogen (secondary N) is 2. The van der Waals surface area contributed by atoms with Gasteiger partial charge in [0, 0.05) is 26.6 Å². The van der Waals surface area contributed by atoms with Crippen molar-refractivity contribution in [3.8, 4) is 5.75 Å². The number of hydrogen-bond acceptors (Lipinski definition) is 5. The number of ether oxygens (including phenoxy) is 2. The minimum atomic E-state index is 0. The third kappa shape index (κ3) is 6.30. The van der Waals surface area contributed by atoms with Gasteiger partial charge in [-0.1, -0.05) is 18.2 Å². The fourth-order valence-electron chi connectivity index (χ4n) is 3.41. The van der Waals surface area contributed by atoms with Crippen LogP contribution in [-0.2, 0) is 24.3 Å². The number of hydrogen-bond donors (Lipinski definition) is 2. The van der Waals surface area contributed by atoms with Crippen LogP contribution in [0.3, 0.4) is 0 Å². The number of fused-ring (bicyclic) bond motifs is 1. The zero-order valence-corrected chi connectivity index (χ0v) is 19.9. The van der Waals surface area contributed by atoms with Crippen molar-refractivity contribution >= 4 is 29.9 Å². The first-order chi connectivity index (χ1) is 13.6. The third-order valence-corrected chi connectivity index (χ3v) is 4.79. The Hall–Kier alpha value is -1.88. The van der Waals surface area contributed by atoms with Crippen molar-refractivity contribution in [1.82, 2.24) is 25.4 Å². The lowest BCUT2D eigenvalue weighted by Crippen LogP contribution is -2.47. The summed E-state index contributed by atoms with van der Waals surface area (Å²) in [5, 5.41) is 11.3. The van der Waals surface area contributed by atoms with E-state index in [2.05, 4.69) is 51.7 Å². The van der Waals surface area contributed by atoms with Gasteiger partial charge in [0.05, 0.1) is 13.1 Å². The molecule has 0 radical (unpaired) electrons. The molecule has 29 heavy (non-hydrogen) atoms. The maximum atomic E-state index is 5.95. The molecule has 1 aromatic carbocycles. The molecule has 0 spiro atoms. The van der Waals surface area contributed by atoms with Gasteiger partial charge in [-0.3, -0.25) is 4.99 Å². The van der Waals surface area contributed by atoms with Gasteiger partial charge in [0.2, 0.25) is 0 Å². The van der Waals surface area contributed by atoms with Crippen LogP contribution < -0.4 is 15.4 Å². The molecule has 0 fully saturated rings. The average molecular weight is 514 g/mol. The number of para-hydroxylation sites is 1. The fraction of sp³-hybridized carbons (Fsp3) is 0.550. The number of benzene rings is 1. The van der Waals surface area contributed by atoms with Crippen molar-refractivity contribution in [2.45, 2.75) is 45.9 Å². The number of guanidine groups is 1. The van der Waals surface area contributed by atoms with E-state index in [1.165, 1.54) is 0 Å². The maximum Gasteiger partial charge on any atom is 0.191 e. The van der Waals surface area contributed by atoms with E-state index in [1.807, 2.05) is 10.7 Å². The van der Waals surface area contributed by atoms with E-state index < -0.39 is 0 Å². The molecule has 0 bridgehead atoms.